The van der Waals surface area contributed by atoms with E-state index in [1.54, 1.807) is 12.1 Å². The van der Waals surface area contributed by atoms with Gasteiger partial charge in [-0.1, -0.05) is 30.4 Å². The lowest BCUT2D eigenvalue weighted by Gasteiger charge is -2.22. The molecule has 0 aliphatic heterocycles. The maximum Gasteiger partial charge on any atom is 0.416 e. The summed E-state index contributed by atoms with van der Waals surface area (Å²) in [5.74, 6) is 0.0165. The van der Waals surface area contributed by atoms with Crippen LogP contribution in [0.25, 0.3) is 0 Å². The van der Waals surface area contributed by atoms with E-state index in [0.717, 1.165) is 12.8 Å². The van der Waals surface area contributed by atoms with Gasteiger partial charge in [0.2, 0.25) is 0 Å². The Morgan fingerprint density at radius 2 is 1.81 bits per heavy atom. The van der Waals surface area contributed by atoms with E-state index >= 15 is 0 Å². The van der Waals surface area contributed by atoms with Crippen LogP contribution in [-0.4, -0.2) is 0 Å². The van der Waals surface area contributed by atoms with Crippen molar-refractivity contribution < 1.29 is 13.2 Å². The molecule has 1 aromatic carbocycles. The average Bonchev–Trinajstić information content (AvgIpc) is 2.29. The molecule has 2 rings (SSSR count). The van der Waals surface area contributed by atoms with Crippen molar-refractivity contribution in [1.82, 2.24) is 0 Å². The second-order valence-electron chi connectivity index (χ2n) is 4.07. The highest BCUT2D eigenvalue weighted by molar-refractivity contribution is 5.33. The molecule has 0 spiro atoms. The van der Waals surface area contributed by atoms with Crippen LogP contribution in [0.4, 0.5) is 13.2 Å². The van der Waals surface area contributed by atoms with Gasteiger partial charge in [0.25, 0.3) is 0 Å². The zero-order valence-corrected chi connectivity index (χ0v) is 8.80. The Labute approximate surface area is 92.8 Å². The number of rotatable bonds is 1. The topological polar surface area (TPSA) is 0 Å². The molecule has 0 nitrogen and oxygen atoms in total. The molecule has 0 aromatic heterocycles. The lowest BCUT2D eigenvalue weighted by atomic mass is 9.85. The molecule has 0 fully saturated rings. The molecule has 86 valence electrons. The fourth-order valence-corrected chi connectivity index (χ4v) is 2.19. The van der Waals surface area contributed by atoms with Gasteiger partial charge in [-0.25, -0.2) is 0 Å². The third kappa shape index (κ3) is 2.29. The normalized spacial score (nSPS) is 21.1. The molecule has 1 atom stereocenters. The SMILES string of the molecule is FC(F)(F)c1ccccc1C1CC=CCC1. The average molecular weight is 226 g/mol. The minimum atomic E-state index is -4.24. The zero-order chi connectivity index (χ0) is 11.6. The van der Waals surface area contributed by atoms with E-state index in [9.17, 15) is 13.2 Å². The summed E-state index contributed by atoms with van der Waals surface area (Å²) in [6, 6.07) is 5.91. The zero-order valence-electron chi connectivity index (χ0n) is 8.80. The molecule has 1 aliphatic rings. The van der Waals surface area contributed by atoms with Crippen molar-refractivity contribution in [2.24, 2.45) is 0 Å². The van der Waals surface area contributed by atoms with Crippen molar-refractivity contribution in [3.63, 3.8) is 0 Å². The van der Waals surface area contributed by atoms with E-state index in [2.05, 4.69) is 0 Å². The Morgan fingerprint density at radius 3 is 2.44 bits per heavy atom. The number of allylic oxidation sites excluding steroid dienone is 2. The van der Waals surface area contributed by atoms with Crippen LogP contribution in [0.1, 0.15) is 36.3 Å². The van der Waals surface area contributed by atoms with Crippen molar-refractivity contribution in [2.75, 3.05) is 0 Å². The molecule has 0 radical (unpaired) electrons. The van der Waals surface area contributed by atoms with Gasteiger partial charge in [0.1, 0.15) is 0 Å². The van der Waals surface area contributed by atoms with Crippen LogP contribution < -0.4 is 0 Å². The predicted molar refractivity (Wildman–Crippen MR) is 57.2 cm³/mol. The van der Waals surface area contributed by atoms with Gasteiger partial charge >= 0.3 is 6.18 Å². The molecule has 0 amide bonds. The van der Waals surface area contributed by atoms with Crippen molar-refractivity contribution >= 4 is 0 Å². The summed E-state index contributed by atoms with van der Waals surface area (Å²) in [5.41, 5.74) is -0.0327. The van der Waals surface area contributed by atoms with Crippen LogP contribution in [0.2, 0.25) is 0 Å². The number of hydrogen-bond donors (Lipinski definition) is 0. The minimum Gasteiger partial charge on any atom is -0.166 e. The first-order valence-corrected chi connectivity index (χ1v) is 5.40. The molecule has 1 aromatic rings. The fraction of sp³-hybridized carbons (Fsp3) is 0.385. The molecular formula is C13H13F3. The molecule has 0 N–H and O–H groups in total. The van der Waals surface area contributed by atoms with Crippen molar-refractivity contribution in [3.05, 3.63) is 47.5 Å². The van der Waals surface area contributed by atoms with Crippen molar-refractivity contribution in [2.45, 2.75) is 31.4 Å². The molecule has 0 saturated carbocycles. The van der Waals surface area contributed by atoms with Gasteiger partial charge < -0.3 is 0 Å². The highest BCUT2D eigenvalue weighted by Crippen LogP contribution is 2.38. The van der Waals surface area contributed by atoms with Crippen LogP contribution in [-0.2, 0) is 6.18 Å². The number of alkyl halides is 3. The lowest BCUT2D eigenvalue weighted by molar-refractivity contribution is -0.138. The van der Waals surface area contributed by atoms with Gasteiger partial charge in [0.05, 0.1) is 5.56 Å². The van der Waals surface area contributed by atoms with E-state index in [0.29, 0.717) is 12.0 Å². The van der Waals surface area contributed by atoms with Crippen LogP contribution in [0.15, 0.2) is 36.4 Å². The second-order valence-corrected chi connectivity index (χ2v) is 4.07. The van der Waals surface area contributed by atoms with Gasteiger partial charge in [-0.2, -0.15) is 13.2 Å². The summed E-state index contributed by atoms with van der Waals surface area (Å²) >= 11 is 0. The van der Waals surface area contributed by atoms with Crippen molar-refractivity contribution in [1.29, 1.82) is 0 Å². The summed E-state index contributed by atoms with van der Waals surface area (Å²) in [6.07, 6.45) is 2.17. The second kappa shape index (κ2) is 4.32. The summed E-state index contributed by atoms with van der Waals surface area (Å²) < 4.78 is 38.4. The Morgan fingerprint density at radius 1 is 1.06 bits per heavy atom. The third-order valence-corrected chi connectivity index (χ3v) is 2.98. The Balaban J connectivity index is 2.36. The van der Waals surface area contributed by atoms with Crippen LogP contribution in [0, 0.1) is 0 Å². The van der Waals surface area contributed by atoms with Crippen LogP contribution >= 0.6 is 0 Å². The summed E-state index contributed by atoms with van der Waals surface area (Å²) in [6.45, 7) is 0. The molecule has 16 heavy (non-hydrogen) atoms. The first-order valence-electron chi connectivity index (χ1n) is 5.40. The van der Waals surface area contributed by atoms with Gasteiger partial charge in [-0.3, -0.25) is 0 Å². The third-order valence-electron chi connectivity index (χ3n) is 2.98. The van der Waals surface area contributed by atoms with Gasteiger partial charge in [0, 0.05) is 0 Å². The van der Waals surface area contributed by atoms with Gasteiger partial charge in [-0.15, -0.1) is 0 Å². The Hall–Kier alpha value is -1.25. The minimum absolute atomic E-state index is 0.0165. The monoisotopic (exact) mass is 226 g/mol. The van der Waals surface area contributed by atoms with E-state index in [1.807, 2.05) is 12.2 Å². The summed E-state index contributed by atoms with van der Waals surface area (Å²) in [4.78, 5) is 0. The van der Waals surface area contributed by atoms with Crippen molar-refractivity contribution in [3.8, 4) is 0 Å². The van der Waals surface area contributed by atoms with Gasteiger partial charge in [-0.05, 0) is 36.8 Å². The fourth-order valence-electron chi connectivity index (χ4n) is 2.19. The van der Waals surface area contributed by atoms with Gasteiger partial charge in [0.15, 0.2) is 0 Å². The van der Waals surface area contributed by atoms with E-state index in [1.165, 1.54) is 12.1 Å². The first kappa shape index (κ1) is 11.2. The molecule has 1 unspecified atom stereocenters. The van der Waals surface area contributed by atoms with E-state index in [4.69, 9.17) is 0 Å². The first-order chi connectivity index (χ1) is 7.59. The van der Waals surface area contributed by atoms with Crippen LogP contribution in [0.3, 0.4) is 0 Å². The Kier molecular flexibility index (Phi) is 3.03. The molecular weight excluding hydrogens is 213 g/mol. The predicted octanol–water partition coefficient (Wildman–Crippen LogP) is 4.53. The summed E-state index contributed by atoms with van der Waals surface area (Å²) in [7, 11) is 0. The number of hydrogen-bond acceptors (Lipinski definition) is 0. The lowest BCUT2D eigenvalue weighted by Crippen LogP contribution is -2.12. The maximum absolute atomic E-state index is 12.8. The molecule has 0 heterocycles. The maximum atomic E-state index is 12.8. The largest absolute Gasteiger partial charge is 0.416 e. The highest BCUT2D eigenvalue weighted by Gasteiger charge is 2.34. The highest BCUT2D eigenvalue weighted by atomic mass is 19.4. The molecule has 0 saturated heterocycles. The standard InChI is InChI=1S/C13H13F3/c14-13(15,16)12-9-5-4-8-11(12)10-6-2-1-3-7-10/h1-2,4-5,8-10H,3,6-7H2. The number of halogens is 3. The number of benzene rings is 1. The van der Waals surface area contributed by atoms with E-state index < -0.39 is 11.7 Å². The van der Waals surface area contributed by atoms with E-state index in [-0.39, 0.29) is 5.92 Å². The summed E-state index contributed by atoms with van der Waals surface area (Å²) in [5, 5.41) is 0. The molecule has 3 heteroatoms. The molecule has 0 bridgehead atoms. The smallest absolute Gasteiger partial charge is 0.166 e. The van der Waals surface area contributed by atoms with Crippen LogP contribution in [0.5, 0.6) is 0 Å². The molecule has 1 aliphatic carbocycles. The quantitative estimate of drug-likeness (QED) is 0.617. The Bertz CT molecular complexity index is 390.